The average molecular weight is 1230 g/mol. The van der Waals surface area contributed by atoms with Crippen LogP contribution < -0.4 is 0 Å². The second-order valence-corrected chi connectivity index (χ2v) is 26.1. The highest BCUT2D eigenvalue weighted by Gasteiger charge is 2.30. The number of ether oxygens (including phenoxy) is 4. The molecule has 492 valence electrons. The molecule has 3 N–H and O–H groups in total. The van der Waals surface area contributed by atoms with E-state index in [0.717, 1.165) is 109 Å². The Balaban J connectivity index is 5.10. The predicted molar refractivity (Wildman–Crippen MR) is 331 cm³/mol. The van der Waals surface area contributed by atoms with Gasteiger partial charge in [0.25, 0.3) is 0 Å². The quantitative estimate of drug-likeness (QED) is 0.0222. The lowest BCUT2D eigenvalue weighted by atomic mass is 10.0. The first kappa shape index (κ1) is 81.1. The lowest BCUT2D eigenvalue weighted by Crippen LogP contribution is -2.30. The fourth-order valence-electron chi connectivity index (χ4n) is 9.63. The highest BCUT2D eigenvalue weighted by molar-refractivity contribution is 7.47. The van der Waals surface area contributed by atoms with E-state index < -0.39 is 97.5 Å². The van der Waals surface area contributed by atoms with Crippen molar-refractivity contribution in [1.82, 2.24) is 0 Å². The minimum atomic E-state index is -4.94. The summed E-state index contributed by atoms with van der Waals surface area (Å²) in [6.45, 7) is 4.81. The molecule has 0 saturated carbocycles. The first-order chi connectivity index (χ1) is 40.2. The summed E-state index contributed by atoms with van der Waals surface area (Å²) in [4.78, 5) is 71.9. The number of phosphoric ester groups is 2. The zero-order valence-electron chi connectivity index (χ0n) is 53.2. The van der Waals surface area contributed by atoms with Crippen molar-refractivity contribution in [3.8, 4) is 0 Å². The van der Waals surface area contributed by atoms with Gasteiger partial charge in [-0.05, 0) is 25.7 Å². The summed E-state index contributed by atoms with van der Waals surface area (Å²) >= 11 is 0. The number of unbranched alkanes of at least 4 members (excludes halogenated alkanes) is 39. The van der Waals surface area contributed by atoms with Crippen molar-refractivity contribution in [3.63, 3.8) is 0 Å². The van der Waals surface area contributed by atoms with Crippen LogP contribution in [0.5, 0.6) is 0 Å². The molecule has 2 unspecified atom stereocenters. The molecule has 0 radical (unpaired) electrons. The van der Waals surface area contributed by atoms with Gasteiger partial charge in [-0.15, -0.1) is 0 Å². The van der Waals surface area contributed by atoms with Crippen molar-refractivity contribution in [2.75, 3.05) is 39.6 Å². The lowest BCUT2D eigenvalue weighted by molar-refractivity contribution is -0.161. The third-order valence-corrected chi connectivity index (χ3v) is 16.8. The van der Waals surface area contributed by atoms with Gasteiger partial charge in [0.15, 0.2) is 12.2 Å². The number of carbonyl (C=O) groups excluding carboxylic acids is 4. The molecule has 0 rings (SSSR count). The van der Waals surface area contributed by atoms with Crippen LogP contribution in [0, 0.1) is 0 Å². The molecule has 19 heteroatoms. The fraction of sp³-hybridized carbons (Fsp3) is 0.938. The van der Waals surface area contributed by atoms with Crippen LogP contribution in [0.25, 0.3) is 0 Å². The maximum atomic E-state index is 13.0. The number of aliphatic hydroxyl groups excluding tert-OH is 1. The Morgan fingerprint density at radius 2 is 0.482 bits per heavy atom. The Morgan fingerprint density at radius 3 is 0.711 bits per heavy atom. The van der Waals surface area contributed by atoms with Gasteiger partial charge in [-0.3, -0.25) is 37.3 Å². The SMILES string of the molecule is CCCCCCCCCCCCCCCCCCCCCC(=O)O[C@H](COC(=O)CCCCCCCCCCC)COP(=O)(O)OC[C@@H](O)COP(=O)(O)OC[C@@H](COC(=O)CCCCCCCCC)OC(=O)CCCCCCCCCC. The zero-order valence-corrected chi connectivity index (χ0v) is 54.9. The van der Waals surface area contributed by atoms with Crippen LogP contribution in [-0.4, -0.2) is 96.7 Å². The molecule has 0 amide bonds. The molecule has 0 aromatic carbocycles. The number of esters is 4. The maximum Gasteiger partial charge on any atom is 0.472 e. The normalized spacial score (nSPS) is 14.2. The van der Waals surface area contributed by atoms with Crippen LogP contribution in [0.1, 0.15) is 329 Å². The van der Waals surface area contributed by atoms with Crippen LogP contribution >= 0.6 is 15.6 Å². The zero-order chi connectivity index (χ0) is 61.2. The number of phosphoric acid groups is 2. The molecule has 0 bridgehead atoms. The van der Waals surface area contributed by atoms with E-state index in [1.807, 2.05) is 0 Å². The summed E-state index contributed by atoms with van der Waals surface area (Å²) in [5.41, 5.74) is 0. The molecule has 0 aliphatic rings. The molecule has 0 aromatic rings. The second kappa shape index (κ2) is 59.0. The molecular formula is C64H124O17P2. The molecule has 0 aliphatic heterocycles. The van der Waals surface area contributed by atoms with Gasteiger partial charge in [0.1, 0.15) is 19.3 Å². The van der Waals surface area contributed by atoms with E-state index in [1.165, 1.54) is 141 Å². The summed E-state index contributed by atoms with van der Waals surface area (Å²) < 4.78 is 67.8. The van der Waals surface area contributed by atoms with E-state index in [-0.39, 0.29) is 25.7 Å². The van der Waals surface area contributed by atoms with Gasteiger partial charge in [0.05, 0.1) is 26.4 Å². The highest BCUT2D eigenvalue weighted by atomic mass is 31.2. The van der Waals surface area contributed by atoms with Gasteiger partial charge < -0.3 is 33.8 Å². The number of hydrogen-bond donors (Lipinski definition) is 3. The van der Waals surface area contributed by atoms with Crippen LogP contribution in [0.3, 0.4) is 0 Å². The fourth-order valence-corrected chi connectivity index (χ4v) is 11.2. The van der Waals surface area contributed by atoms with Gasteiger partial charge in [-0.25, -0.2) is 9.13 Å². The monoisotopic (exact) mass is 1230 g/mol. The Morgan fingerprint density at radius 1 is 0.289 bits per heavy atom. The summed E-state index contributed by atoms with van der Waals surface area (Å²) in [6, 6.07) is 0. The van der Waals surface area contributed by atoms with Crippen LogP contribution in [0.4, 0.5) is 0 Å². The minimum Gasteiger partial charge on any atom is -0.462 e. The topological polar surface area (TPSA) is 237 Å². The van der Waals surface area contributed by atoms with Crippen LogP contribution in [0.2, 0.25) is 0 Å². The number of rotatable bonds is 65. The van der Waals surface area contributed by atoms with Crippen molar-refractivity contribution >= 4 is 39.5 Å². The summed E-state index contributed by atoms with van der Waals surface area (Å²) in [5, 5.41) is 10.5. The average Bonchev–Trinajstić information content (AvgIpc) is 3.47. The van der Waals surface area contributed by atoms with E-state index in [1.54, 1.807) is 0 Å². The first-order valence-corrected chi connectivity index (χ1v) is 36.8. The van der Waals surface area contributed by atoms with Crippen molar-refractivity contribution in [2.45, 2.75) is 348 Å². The third-order valence-electron chi connectivity index (χ3n) is 14.9. The number of aliphatic hydroxyl groups is 1. The molecule has 17 nitrogen and oxygen atoms in total. The predicted octanol–water partition coefficient (Wildman–Crippen LogP) is 17.9. The number of hydrogen-bond acceptors (Lipinski definition) is 15. The largest absolute Gasteiger partial charge is 0.472 e. The first-order valence-electron chi connectivity index (χ1n) is 33.8. The molecule has 0 aliphatic carbocycles. The van der Waals surface area contributed by atoms with Gasteiger partial charge in [0.2, 0.25) is 0 Å². The van der Waals surface area contributed by atoms with Crippen LogP contribution in [0.15, 0.2) is 0 Å². The molecule has 0 spiro atoms. The second-order valence-electron chi connectivity index (χ2n) is 23.2. The molecular weight excluding hydrogens is 1100 g/mol. The summed E-state index contributed by atoms with van der Waals surface area (Å²) in [6.07, 6.45) is 44.7. The van der Waals surface area contributed by atoms with Gasteiger partial charge in [-0.1, -0.05) is 278 Å². The Bertz CT molecular complexity index is 1600. The minimum absolute atomic E-state index is 0.105. The van der Waals surface area contributed by atoms with Crippen molar-refractivity contribution in [2.24, 2.45) is 0 Å². The summed E-state index contributed by atoms with van der Waals surface area (Å²) in [5.74, 6) is -2.14. The molecule has 0 heterocycles. The van der Waals surface area contributed by atoms with Gasteiger partial charge in [-0.2, -0.15) is 0 Å². The Labute approximate surface area is 505 Å². The molecule has 0 saturated heterocycles. The number of carbonyl (C=O) groups is 4. The standard InChI is InChI=1S/C64H124O17P2/c1-5-9-13-17-21-24-25-26-27-28-29-30-31-32-33-35-39-43-47-51-64(69)81-60(55-75-62(67)49-45-41-38-34-22-18-14-10-6-2)57-79-83(72,73)77-53-58(65)52-76-82(70,71)78-56-59(54-74-61(66)48-44-40-36-20-16-12-8-4)80-63(68)50-46-42-37-23-19-15-11-7-3/h58-60,65H,5-57H2,1-4H3,(H,70,71)(H,72,73)/t58-,59+,60+/m0/s1. The van der Waals surface area contributed by atoms with Crippen molar-refractivity contribution < 1.29 is 80.2 Å². The van der Waals surface area contributed by atoms with Gasteiger partial charge in [0, 0.05) is 25.7 Å². The van der Waals surface area contributed by atoms with E-state index in [0.29, 0.717) is 25.7 Å². The van der Waals surface area contributed by atoms with E-state index in [2.05, 4.69) is 27.7 Å². The Hall–Kier alpha value is -1.94. The molecule has 83 heavy (non-hydrogen) atoms. The van der Waals surface area contributed by atoms with E-state index in [4.69, 9.17) is 37.0 Å². The van der Waals surface area contributed by atoms with Crippen molar-refractivity contribution in [1.29, 1.82) is 0 Å². The Kier molecular flexibility index (Phi) is 57.7. The van der Waals surface area contributed by atoms with Crippen LogP contribution in [-0.2, 0) is 65.4 Å². The highest BCUT2D eigenvalue weighted by Crippen LogP contribution is 2.45. The van der Waals surface area contributed by atoms with E-state index >= 15 is 0 Å². The van der Waals surface area contributed by atoms with E-state index in [9.17, 15) is 43.2 Å². The smallest absolute Gasteiger partial charge is 0.462 e. The maximum absolute atomic E-state index is 13.0. The lowest BCUT2D eigenvalue weighted by Gasteiger charge is -2.21. The molecule has 0 aromatic heterocycles. The summed E-state index contributed by atoms with van der Waals surface area (Å²) in [7, 11) is -9.87. The van der Waals surface area contributed by atoms with Crippen molar-refractivity contribution in [3.05, 3.63) is 0 Å². The molecule has 0 fully saturated rings. The third kappa shape index (κ3) is 58.8. The molecule has 5 atom stereocenters. The van der Waals surface area contributed by atoms with Gasteiger partial charge >= 0.3 is 39.5 Å².